The molecular weight excluding hydrogens is 432 g/mol. The Hall–Kier alpha value is -2.94. The normalized spacial score (nSPS) is 23.6. The van der Waals surface area contributed by atoms with Crippen molar-refractivity contribution in [2.24, 2.45) is 5.92 Å². The highest BCUT2D eigenvalue weighted by atomic mass is 35.5. The third kappa shape index (κ3) is 2.94. The Bertz CT molecular complexity index is 1200. The molecule has 1 aromatic carbocycles. The minimum atomic E-state index is -1.01. The number of carbonyl (C=O) groups is 2. The number of hydrogen-bond acceptors (Lipinski definition) is 4. The number of aromatic nitrogens is 1. The van der Waals surface area contributed by atoms with Gasteiger partial charge >= 0.3 is 0 Å². The van der Waals surface area contributed by atoms with Gasteiger partial charge in [0.1, 0.15) is 17.2 Å². The molecule has 0 spiro atoms. The number of pyridine rings is 1. The van der Waals surface area contributed by atoms with Gasteiger partial charge in [-0.25, -0.2) is 8.78 Å². The van der Waals surface area contributed by atoms with E-state index in [0.717, 1.165) is 31.4 Å². The smallest absolute Gasteiger partial charge is 0.275 e. The van der Waals surface area contributed by atoms with Gasteiger partial charge in [-0.3, -0.25) is 14.4 Å². The molecule has 1 aliphatic carbocycles. The zero-order chi connectivity index (χ0) is 22.0. The van der Waals surface area contributed by atoms with E-state index in [1.807, 2.05) is 0 Å². The molecule has 10 heteroatoms. The van der Waals surface area contributed by atoms with Crippen molar-refractivity contribution in [1.29, 1.82) is 0 Å². The Morgan fingerprint density at radius 3 is 2.81 bits per heavy atom. The van der Waals surface area contributed by atoms with Crippen LogP contribution in [0.1, 0.15) is 45.7 Å². The molecule has 5 rings (SSSR count). The number of benzene rings is 1. The zero-order valence-corrected chi connectivity index (χ0v) is 17.0. The maximum absolute atomic E-state index is 14.1. The van der Waals surface area contributed by atoms with Crippen molar-refractivity contribution in [2.45, 2.75) is 44.4 Å². The standard InChI is InChI=1S/C21H18ClF2N3O4/c22-13-3-4-14(23)11(16(13)24)6-25-20(30)12-7-26-8-15-9-1-2-10(5-9)27(15)21(31)17(26)19(29)18(12)28/h3-4,7,9-10,15,29H,1-2,5-6,8H2,(H,25,30). The number of carbonyl (C=O) groups excluding carboxylic acids is 2. The maximum Gasteiger partial charge on any atom is 0.275 e. The summed E-state index contributed by atoms with van der Waals surface area (Å²) in [5.74, 6) is -3.66. The van der Waals surface area contributed by atoms with E-state index in [1.165, 1.54) is 10.8 Å². The summed E-state index contributed by atoms with van der Waals surface area (Å²) in [6, 6.07) is 2.11. The third-order valence-electron chi connectivity index (χ3n) is 6.63. The minimum absolute atomic E-state index is 0.0359. The second-order valence-corrected chi connectivity index (χ2v) is 8.64. The van der Waals surface area contributed by atoms with Crippen molar-refractivity contribution in [3.8, 4) is 5.75 Å². The molecule has 2 N–H and O–H groups in total. The quantitative estimate of drug-likeness (QED) is 0.704. The Kier molecular flexibility index (Phi) is 4.55. The van der Waals surface area contributed by atoms with Crippen LogP contribution in [0.2, 0.25) is 5.02 Å². The van der Waals surface area contributed by atoms with Crippen LogP contribution >= 0.6 is 11.6 Å². The molecule has 1 aromatic heterocycles. The van der Waals surface area contributed by atoms with Crippen LogP contribution in [0.4, 0.5) is 8.78 Å². The SMILES string of the molecule is O=C(NCc1c(F)ccc(Cl)c1F)c1cn2c(c(O)c1=O)C(=O)N1C3CCC(C3)C1C2. The monoisotopic (exact) mass is 449 g/mol. The van der Waals surface area contributed by atoms with Gasteiger partial charge in [0, 0.05) is 30.9 Å². The molecule has 3 aliphatic rings. The van der Waals surface area contributed by atoms with Crippen LogP contribution in [0.3, 0.4) is 0 Å². The van der Waals surface area contributed by atoms with Crippen LogP contribution in [0.15, 0.2) is 23.1 Å². The lowest BCUT2D eigenvalue weighted by molar-refractivity contribution is 0.0482. The first-order chi connectivity index (χ1) is 14.8. The fourth-order valence-electron chi connectivity index (χ4n) is 5.14. The molecule has 0 radical (unpaired) electrons. The fourth-order valence-corrected chi connectivity index (χ4v) is 5.32. The molecule has 2 amide bonds. The Morgan fingerprint density at radius 2 is 2.03 bits per heavy atom. The number of nitrogens with one attached hydrogen (secondary N) is 1. The van der Waals surface area contributed by atoms with E-state index in [2.05, 4.69) is 5.32 Å². The van der Waals surface area contributed by atoms with Gasteiger partial charge < -0.3 is 19.9 Å². The summed E-state index contributed by atoms with van der Waals surface area (Å²) in [5, 5.41) is 12.4. The lowest BCUT2D eigenvalue weighted by Crippen LogP contribution is -2.52. The van der Waals surface area contributed by atoms with E-state index in [4.69, 9.17) is 11.6 Å². The van der Waals surface area contributed by atoms with Gasteiger partial charge in [0.15, 0.2) is 11.4 Å². The Balaban J connectivity index is 1.45. The fraction of sp³-hybridized carbons (Fsp3) is 0.381. The number of fused-ring (bicyclic) bond motifs is 6. The largest absolute Gasteiger partial charge is 0.503 e. The van der Waals surface area contributed by atoms with Crippen molar-refractivity contribution in [3.63, 3.8) is 0 Å². The Morgan fingerprint density at radius 1 is 1.26 bits per heavy atom. The van der Waals surface area contributed by atoms with E-state index in [0.29, 0.717) is 12.5 Å². The van der Waals surface area contributed by atoms with Gasteiger partial charge in [0.2, 0.25) is 5.43 Å². The van der Waals surface area contributed by atoms with Gasteiger partial charge in [0.25, 0.3) is 11.8 Å². The molecule has 7 nitrogen and oxygen atoms in total. The van der Waals surface area contributed by atoms with Crippen molar-refractivity contribution < 1.29 is 23.5 Å². The lowest BCUT2D eigenvalue weighted by Gasteiger charge is -2.40. The molecule has 162 valence electrons. The number of rotatable bonds is 3. The summed E-state index contributed by atoms with van der Waals surface area (Å²) in [7, 11) is 0. The summed E-state index contributed by atoms with van der Waals surface area (Å²) in [6.45, 7) is -0.175. The van der Waals surface area contributed by atoms with Crippen molar-refractivity contribution >= 4 is 23.4 Å². The number of nitrogens with zero attached hydrogens (tertiary/aromatic N) is 2. The first kappa shape index (κ1) is 20.0. The average Bonchev–Trinajstić information content (AvgIpc) is 3.35. The summed E-state index contributed by atoms with van der Waals surface area (Å²) in [4.78, 5) is 40.0. The van der Waals surface area contributed by atoms with Crippen LogP contribution in [0, 0.1) is 17.6 Å². The molecule has 1 saturated carbocycles. The van der Waals surface area contributed by atoms with Crippen LogP contribution in [0.5, 0.6) is 5.75 Å². The van der Waals surface area contributed by atoms with Gasteiger partial charge in [0.05, 0.1) is 11.1 Å². The first-order valence-electron chi connectivity index (χ1n) is 9.97. The zero-order valence-electron chi connectivity index (χ0n) is 16.2. The molecule has 3 heterocycles. The second-order valence-electron chi connectivity index (χ2n) is 8.23. The van der Waals surface area contributed by atoms with Crippen LogP contribution in [0.25, 0.3) is 0 Å². The molecule has 3 unspecified atom stereocenters. The highest BCUT2D eigenvalue weighted by Gasteiger charge is 2.51. The van der Waals surface area contributed by atoms with E-state index >= 15 is 0 Å². The van der Waals surface area contributed by atoms with Crippen LogP contribution in [-0.4, -0.2) is 38.5 Å². The van der Waals surface area contributed by atoms with E-state index in [-0.39, 0.29) is 22.8 Å². The molecule has 3 atom stereocenters. The van der Waals surface area contributed by atoms with E-state index < -0.39 is 52.3 Å². The predicted molar refractivity (Wildman–Crippen MR) is 106 cm³/mol. The van der Waals surface area contributed by atoms with Crippen molar-refractivity contribution in [3.05, 3.63) is 62.0 Å². The lowest BCUT2D eigenvalue weighted by atomic mass is 9.95. The average molecular weight is 450 g/mol. The molecule has 2 aliphatic heterocycles. The van der Waals surface area contributed by atoms with Crippen molar-refractivity contribution in [1.82, 2.24) is 14.8 Å². The highest BCUT2D eigenvalue weighted by molar-refractivity contribution is 6.30. The van der Waals surface area contributed by atoms with Gasteiger partial charge in [-0.15, -0.1) is 0 Å². The maximum atomic E-state index is 14.1. The number of amides is 2. The minimum Gasteiger partial charge on any atom is -0.503 e. The summed E-state index contributed by atoms with van der Waals surface area (Å²) < 4.78 is 29.4. The highest BCUT2D eigenvalue weighted by Crippen LogP contribution is 2.45. The van der Waals surface area contributed by atoms with Gasteiger partial charge in [-0.1, -0.05) is 11.6 Å². The van der Waals surface area contributed by atoms with Crippen molar-refractivity contribution in [2.75, 3.05) is 0 Å². The first-order valence-corrected chi connectivity index (χ1v) is 10.3. The van der Waals surface area contributed by atoms with E-state index in [1.54, 1.807) is 4.90 Å². The number of aromatic hydroxyl groups is 1. The molecule has 1 saturated heterocycles. The molecule has 31 heavy (non-hydrogen) atoms. The number of hydrogen-bond donors (Lipinski definition) is 2. The van der Waals surface area contributed by atoms with Gasteiger partial charge in [-0.05, 0) is 37.3 Å². The number of halogens is 3. The van der Waals surface area contributed by atoms with Gasteiger partial charge in [-0.2, -0.15) is 0 Å². The summed E-state index contributed by atoms with van der Waals surface area (Å²) >= 11 is 5.65. The molecule has 2 bridgehead atoms. The van der Waals surface area contributed by atoms with E-state index in [9.17, 15) is 28.3 Å². The topological polar surface area (TPSA) is 91.6 Å². The summed E-state index contributed by atoms with van der Waals surface area (Å²) in [6.07, 6.45) is 4.07. The summed E-state index contributed by atoms with van der Waals surface area (Å²) in [5.41, 5.74) is -1.99. The second kappa shape index (κ2) is 7.05. The predicted octanol–water partition coefficient (Wildman–Crippen LogP) is 2.42. The Labute approximate surface area is 180 Å². The number of piperidine rings is 1. The van der Waals surface area contributed by atoms with Crippen LogP contribution < -0.4 is 10.7 Å². The van der Waals surface area contributed by atoms with Crippen LogP contribution in [-0.2, 0) is 13.1 Å². The third-order valence-corrected chi connectivity index (χ3v) is 6.92. The molecular formula is C21H18ClF2N3O4. The molecule has 2 aromatic rings. The molecule has 2 fully saturated rings.